The molecule has 3 aliphatic rings. The molecule has 35 heavy (non-hydrogen) atoms. The molecule has 0 unspecified atom stereocenters. The third-order valence-electron chi connectivity index (χ3n) is 9.08. The van der Waals surface area contributed by atoms with Crippen molar-refractivity contribution < 1.29 is 19.1 Å². The van der Waals surface area contributed by atoms with Crippen molar-refractivity contribution in [3.63, 3.8) is 0 Å². The van der Waals surface area contributed by atoms with E-state index in [-0.39, 0.29) is 23.6 Å². The summed E-state index contributed by atoms with van der Waals surface area (Å²) >= 11 is 0. The van der Waals surface area contributed by atoms with E-state index in [2.05, 4.69) is 32.6 Å². The monoisotopic (exact) mass is 484 g/mol. The number of fused-ring (bicyclic) bond motifs is 1. The van der Waals surface area contributed by atoms with Crippen LogP contribution in [0.1, 0.15) is 112 Å². The maximum absolute atomic E-state index is 11.4. The molecule has 3 fully saturated rings. The topological polar surface area (TPSA) is 52.6 Å². The summed E-state index contributed by atoms with van der Waals surface area (Å²) in [6, 6.07) is 0. The number of hydrogen-bond acceptors (Lipinski definition) is 4. The van der Waals surface area contributed by atoms with Gasteiger partial charge in [0.25, 0.3) is 0 Å². The second kappa shape index (κ2) is 11.5. The van der Waals surface area contributed by atoms with Crippen LogP contribution in [0.5, 0.6) is 0 Å². The third kappa shape index (κ3) is 7.11. The number of carbonyl (C=O) groups is 2. The van der Waals surface area contributed by atoms with Crippen molar-refractivity contribution in [2.75, 3.05) is 0 Å². The normalized spacial score (nSPS) is 32.4. The fourth-order valence-corrected chi connectivity index (χ4v) is 7.42. The van der Waals surface area contributed by atoms with Crippen molar-refractivity contribution in [3.8, 4) is 0 Å². The van der Waals surface area contributed by atoms with E-state index in [1.165, 1.54) is 63.5 Å². The molecule has 0 aromatic rings. The van der Waals surface area contributed by atoms with Crippen LogP contribution in [0.2, 0.25) is 0 Å². The molecule has 3 rings (SSSR count). The third-order valence-corrected chi connectivity index (χ3v) is 9.08. The molecular weight excluding hydrogens is 436 g/mol. The van der Waals surface area contributed by atoms with Gasteiger partial charge < -0.3 is 9.47 Å². The van der Waals surface area contributed by atoms with Crippen LogP contribution in [0, 0.1) is 23.2 Å². The van der Waals surface area contributed by atoms with Crippen LogP contribution in [0.15, 0.2) is 35.5 Å². The van der Waals surface area contributed by atoms with Crippen molar-refractivity contribution in [3.05, 3.63) is 35.5 Å². The van der Waals surface area contributed by atoms with E-state index in [9.17, 15) is 9.59 Å². The maximum Gasteiger partial charge on any atom is 0.303 e. The zero-order valence-corrected chi connectivity index (χ0v) is 23.1. The summed E-state index contributed by atoms with van der Waals surface area (Å²) in [5, 5.41) is 0. The Hall–Kier alpha value is -1.84. The predicted molar refractivity (Wildman–Crippen MR) is 142 cm³/mol. The van der Waals surface area contributed by atoms with Gasteiger partial charge in [0.1, 0.15) is 11.7 Å². The predicted octanol–water partition coefficient (Wildman–Crippen LogP) is 7.88. The number of rotatable bonds is 8. The average molecular weight is 485 g/mol. The van der Waals surface area contributed by atoms with Crippen LogP contribution < -0.4 is 0 Å². The van der Waals surface area contributed by atoms with Crippen molar-refractivity contribution in [1.82, 2.24) is 0 Å². The lowest BCUT2D eigenvalue weighted by atomic mass is 9.60. The smallest absolute Gasteiger partial charge is 0.303 e. The standard InChI is InChI=1S/C31H48O4/c1-21-12-15-27(34-23(3)32)20-26(21)14-13-25-11-9-19-31(7)28(16-17-29(25)31)22(2)10-8-18-30(5,6)35-24(4)33/h13-14,22,27-29H,1,8-12,15-20H2,2-7H3/b25-13+,26-14?/t22-,27+,28-,29+,31-/m1/s1. The summed E-state index contributed by atoms with van der Waals surface area (Å²) in [6.07, 6.45) is 16.8. The minimum Gasteiger partial charge on any atom is -0.462 e. The Morgan fingerprint density at radius 3 is 2.57 bits per heavy atom. The number of carbonyl (C=O) groups excluding carboxylic acids is 2. The minimum absolute atomic E-state index is 0.0122. The highest BCUT2D eigenvalue weighted by molar-refractivity contribution is 5.66. The fraction of sp³-hybridized carbons (Fsp3) is 0.742. The summed E-state index contributed by atoms with van der Waals surface area (Å²) in [4.78, 5) is 22.8. The van der Waals surface area contributed by atoms with Gasteiger partial charge in [-0.25, -0.2) is 0 Å². The van der Waals surface area contributed by atoms with Gasteiger partial charge in [-0.05, 0) is 100 Å². The molecule has 196 valence electrons. The molecule has 3 saturated carbocycles. The molecule has 0 N–H and O–H groups in total. The maximum atomic E-state index is 11.4. The second-order valence-electron chi connectivity index (χ2n) is 12.3. The van der Waals surface area contributed by atoms with E-state index in [4.69, 9.17) is 9.47 Å². The summed E-state index contributed by atoms with van der Waals surface area (Å²) in [5.74, 6) is 1.71. The van der Waals surface area contributed by atoms with Gasteiger partial charge in [-0.3, -0.25) is 9.59 Å². The van der Waals surface area contributed by atoms with E-state index >= 15 is 0 Å². The molecule has 4 nitrogen and oxygen atoms in total. The van der Waals surface area contributed by atoms with Crippen molar-refractivity contribution in [1.29, 1.82) is 0 Å². The molecule has 0 bridgehead atoms. The molecule has 0 heterocycles. The lowest BCUT2D eigenvalue weighted by molar-refractivity contribution is -0.154. The van der Waals surface area contributed by atoms with Crippen molar-refractivity contribution >= 4 is 11.9 Å². The molecule has 0 radical (unpaired) electrons. The first-order chi connectivity index (χ1) is 16.4. The van der Waals surface area contributed by atoms with Gasteiger partial charge >= 0.3 is 11.9 Å². The van der Waals surface area contributed by atoms with Gasteiger partial charge in [-0.15, -0.1) is 0 Å². The summed E-state index contributed by atoms with van der Waals surface area (Å²) in [6.45, 7) is 16.3. The van der Waals surface area contributed by atoms with Crippen LogP contribution in [-0.4, -0.2) is 23.6 Å². The molecule has 0 aliphatic heterocycles. The first kappa shape index (κ1) is 27.7. The zero-order valence-electron chi connectivity index (χ0n) is 23.1. The van der Waals surface area contributed by atoms with Crippen LogP contribution in [0.4, 0.5) is 0 Å². The Bertz CT molecular complexity index is 863. The Kier molecular flexibility index (Phi) is 9.10. The lowest BCUT2D eigenvalue weighted by Gasteiger charge is -2.44. The Balaban J connectivity index is 1.64. The van der Waals surface area contributed by atoms with Crippen LogP contribution in [-0.2, 0) is 19.1 Å². The molecule has 5 atom stereocenters. The number of hydrogen-bond donors (Lipinski definition) is 0. The first-order valence-electron chi connectivity index (χ1n) is 13.9. The highest BCUT2D eigenvalue weighted by Crippen LogP contribution is 2.60. The van der Waals surface area contributed by atoms with Crippen molar-refractivity contribution in [2.24, 2.45) is 23.2 Å². The van der Waals surface area contributed by atoms with E-state index in [1.807, 2.05) is 13.8 Å². The van der Waals surface area contributed by atoms with Gasteiger partial charge in [0.15, 0.2) is 0 Å². The highest BCUT2D eigenvalue weighted by Gasteiger charge is 2.50. The quantitative estimate of drug-likeness (QED) is 0.329. The van der Waals surface area contributed by atoms with E-state index in [0.29, 0.717) is 17.3 Å². The van der Waals surface area contributed by atoms with E-state index in [1.54, 1.807) is 5.57 Å². The largest absolute Gasteiger partial charge is 0.462 e. The SMILES string of the molecule is C=C1CC[C@H](OC(C)=O)CC1=C/C=C1\CCC[C@]2(C)[C@@H]([C@H](C)CCCC(C)(C)OC(C)=O)CC[C@@H]12. The van der Waals surface area contributed by atoms with Crippen LogP contribution in [0.3, 0.4) is 0 Å². The molecule has 0 amide bonds. The Labute approximate surface area is 213 Å². The number of esters is 2. The van der Waals surface area contributed by atoms with E-state index < -0.39 is 0 Å². The molecule has 0 spiro atoms. The van der Waals surface area contributed by atoms with Gasteiger partial charge in [0, 0.05) is 20.3 Å². The Morgan fingerprint density at radius 2 is 1.89 bits per heavy atom. The van der Waals surface area contributed by atoms with Crippen LogP contribution >= 0.6 is 0 Å². The van der Waals surface area contributed by atoms with E-state index in [0.717, 1.165) is 38.0 Å². The minimum atomic E-state index is -0.375. The Morgan fingerprint density at radius 1 is 1.14 bits per heavy atom. The fourth-order valence-electron chi connectivity index (χ4n) is 7.42. The van der Waals surface area contributed by atoms with Gasteiger partial charge in [-0.2, -0.15) is 0 Å². The summed E-state index contributed by atoms with van der Waals surface area (Å²) in [7, 11) is 0. The number of allylic oxidation sites excluding steroid dienone is 4. The van der Waals surface area contributed by atoms with Gasteiger partial charge in [0.05, 0.1) is 0 Å². The van der Waals surface area contributed by atoms with Crippen molar-refractivity contribution in [2.45, 2.75) is 124 Å². The zero-order chi connectivity index (χ0) is 25.8. The second-order valence-corrected chi connectivity index (χ2v) is 12.3. The summed E-state index contributed by atoms with van der Waals surface area (Å²) in [5.41, 5.74) is 4.05. The molecule has 0 saturated heterocycles. The molecule has 4 heteroatoms. The first-order valence-corrected chi connectivity index (χ1v) is 13.9. The van der Waals surface area contributed by atoms with Crippen LogP contribution in [0.25, 0.3) is 0 Å². The lowest BCUT2D eigenvalue weighted by Crippen LogP contribution is -2.36. The average Bonchev–Trinajstić information content (AvgIpc) is 3.10. The number of ether oxygens (including phenoxy) is 2. The molecule has 0 aromatic carbocycles. The highest BCUT2D eigenvalue weighted by atomic mass is 16.6. The van der Waals surface area contributed by atoms with Gasteiger partial charge in [0.2, 0.25) is 0 Å². The molecule has 0 aromatic heterocycles. The molecular formula is C31H48O4. The van der Waals surface area contributed by atoms with Gasteiger partial charge in [-0.1, -0.05) is 50.1 Å². The molecule has 3 aliphatic carbocycles. The summed E-state index contributed by atoms with van der Waals surface area (Å²) < 4.78 is 11.0.